The Morgan fingerprint density at radius 2 is 2.06 bits per heavy atom. The molecule has 3 nitrogen and oxygen atoms in total. The van der Waals surface area contributed by atoms with Crippen LogP contribution in [0.5, 0.6) is 0 Å². The zero-order chi connectivity index (χ0) is 12.6. The van der Waals surface area contributed by atoms with Crippen molar-refractivity contribution in [1.29, 1.82) is 0 Å². The molecule has 16 heavy (non-hydrogen) atoms. The van der Waals surface area contributed by atoms with Crippen molar-refractivity contribution in [2.45, 2.75) is 50.9 Å². The minimum absolute atomic E-state index is 0.310. The lowest BCUT2D eigenvalue weighted by Crippen LogP contribution is -2.53. The monoisotopic (exact) mass is 239 g/mol. The zero-order valence-corrected chi connectivity index (χ0v) is 9.34. The smallest absolute Gasteiger partial charge is 0.404 e. The van der Waals surface area contributed by atoms with Crippen molar-refractivity contribution in [3.05, 3.63) is 0 Å². The molecule has 0 radical (unpaired) electrons. The molecule has 0 spiro atoms. The molecule has 0 aromatic heterocycles. The lowest BCUT2D eigenvalue weighted by Gasteiger charge is -2.38. The number of hydrogen-bond acceptors (Lipinski definition) is 2. The van der Waals surface area contributed by atoms with Gasteiger partial charge in [0.2, 0.25) is 0 Å². The number of likely N-dealkylation sites (tertiary alicyclic amines) is 1. The third-order valence-corrected chi connectivity index (χ3v) is 3.09. The van der Waals surface area contributed by atoms with E-state index in [2.05, 4.69) is 0 Å². The molecule has 1 N–H and O–H groups in total. The van der Waals surface area contributed by atoms with Gasteiger partial charge in [-0.2, -0.15) is 13.2 Å². The molecule has 1 heterocycles. The van der Waals surface area contributed by atoms with Crippen molar-refractivity contribution in [2.75, 3.05) is 6.54 Å². The van der Waals surface area contributed by atoms with E-state index in [9.17, 15) is 18.0 Å². The topological polar surface area (TPSA) is 40.5 Å². The van der Waals surface area contributed by atoms with E-state index in [0.29, 0.717) is 19.4 Å². The maximum Gasteiger partial charge on any atom is 0.404 e. The van der Waals surface area contributed by atoms with Crippen LogP contribution in [-0.2, 0) is 4.79 Å². The van der Waals surface area contributed by atoms with Crippen LogP contribution >= 0.6 is 0 Å². The summed E-state index contributed by atoms with van der Waals surface area (Å²) >= 11 is 0. The molecule has 1 aliphatic heterocycles. The average molecular weight is 239 g/mol. The molecule has 1 rings (SSSR count). The van der Waals surface area contributed by atoms with Gasteiger partial charge in [-0.3, -0.25) is 9.69 Å². The second-order valence-electron chi connectivity index (χ2n) is 4.76. The SMILES string of the molecule is CC1(C)CCCN1C(CC(=O)O)C(F)(F)F. The van der Waals surface area contributed by atoms with Crippen LogP contribution in [-0.4, -0.2) is 40.3 Å². The Labute approximate surface area is 92.2 Å². The molecule has 0 amide bonds. The highest BCUT2D eigenvalue weighted by molar-refractivity contribution is 5.67. The molecule has 0 saturated carbocycles. The molecule has 0 aliphatic carbocycles. The average Bonchev–Trinajstić information content (AvgIpc) is 2.38. The number of carbonyl (C=O) groups is 1. The first-order chi connectivity index (χ1) is 7.14. The van der Waals surface area contributed by atoms with Gasteiger partial charge < -0.3 is 5.11 Å². The molecule has 0 aromatic rings. The summed E-state index contributed by atoms with van der Waals surface area (Å²) in [7, 11) is 0. The van der Waals surface area contributed by atoms with Crippen LogP contribution in [0.3, 0.4) is 0 Å². The summed E-state index contributed by atoms with van der Waals surface area (Å²) in [4.78, 5) is 11.8. The maximum atomic E-state index is 12.8. The second kappa shape index (κ2) is 4.24. The molecule has 1 atom stereocenters. The van der Waals surface area contributed by atoms with Crippen molar-refractivity contribution in [3.8, 4) is 0 Å². The number of carboxylic acid groups (broad SMARTS) is 1. The summed E-state index contributed by atoms with van der Waals surface area (Å²) in [6.07, 6.45) is -4.02. The third kappa shape index (κ3) is 2.87. The fourth-order valence-corrected chi connectivity index (χ4v) is 2.27. The quantitative estimate of drug-likeness (QED) is 0.821. The lowest BCUT2D eigenvalue weighted by atomic mass is 9.99. The van der Waals surface area contributed by atoms with Gasteiger partial charge in [0.25, 0.3) is 0 Å². The summed E-state index contributed by atoms with van der Waals surface area (Å²) < 4.78 is 38.3. The number of hydrogen-bond donors (Lipinski definition) is 1. The van der Waals surface area contributed by atoms with Crippen LogP contribution in [0, 0.1) is 0 Å². The minimum Gasteiger partial charge on any atom is -0.481 e. The highest BCUT2D eigenvalue weighted by Crippen LogP contribution is 2.37. The Kier molecular flexibility index (Phi) is 3.52. The predicted molar refractivity (Wildman–Crippen MR) is 52.1 cm³/mol. The van der Waals surface area contributed by atoms with E-state index in [1.807, 2.05) is 0 Å². The Balaban J connectivity index is 2.88. The van der Waals surface area contributed by atoms with Crippen molar-refractivity contribution >= 4 is 5.97 Å². The summed E-state index contributed by atoms with van der Waals surface area (Å²) in [5.41, 5.74) is -0.574. The molecule has 1 saturated heterocycles. The van der Waals surface area contributed by atoms with Crippen molar-refractivity contribution < 1.29 is 23.1 Å². The van der Waals surface area contributed by atoms with Gasteiger partial charge in [-0.05, 0) is 33.2 Å². The molecule has 0 aromatic carbocycles. The highest BCUT2D eigenvalue weighted by Gasteiger charge is 2.50. The van der Waals surface area contributed by atoms with Gasteiger partial charge in [0.05, 0.1) is 6.42 Å². The van der Waals surface area contributed by atoms with Gasteiger partial charge in [0, 0.05) is 5.54 Å². The number of carboxylic acids is 1. The van der Waals surface area contributed by atoms with E-state index in [1.54, 1.807) is 13.8 Å². The lowest BCUT2D eigenvalue weighted by molar-refractivity contribution is -0.197. The molecular weight excluding hydrogens is 223 g/mol. The Morgan fingerprint density at radius 3 is 2.38 bits per heavy atom. The van der Waals surface area contributed by atoms with Crippen LogP contribution < -0.4 is 0 Å². The van der Waals surface area contributed by atoms with E-state index in [-0.39, 0.29) is 0 Å². The van der Waals surface area contributed by atoms with Crippen molar-refractivity contribution in [2.24, 2.45) is 0 Å². The first kappa shape index (κ1) is 13.3. The normalized spacial score (nSPS) is 23.3. The number of nitrogens with zero attached hydrogens (tertiary/aromatic N) is 1. The summed E-state index contributed by atoms with van der Waals surface area (Å²) in [5.74, 6) is -1.41. The van der Waals surface area contributed by atoms with Crippen LogP contribution in [0.15, 0.2) is 0 Å². The van der Waals surface area contributed by atoms with Crippen molar-refractivity contribution in [3.63, 3.8) is 0 Å². The van der Waals surface area contributed by atoms with Gasteiger partial charge in [-0.1, -0.05) is 0 Å². The van der Waals surface area contributed by atoms with Crippen LogP contribution in [0.25, 0.3) is 0 Å². The van der Waals surface area contributed by atoms with Crippen LogP contribution in [0.2, 0.25) is 0 Å². The summed E-state index contributed by atoms with van der Waals surface area (Å²) in [5, 5.41) is 8.55. The molecular formula is C10H16F3NO2. The molecule has 1 aliphatic rings. The van der Waals surface area contributed by atoms with Gasteiger partial charge in [0.1, 0.15) is 6.04 Å². The van der Waals surface area contributed by atoms with Gasteiger partial charge in [-0.15, -0.1) is 0 Å². The standard InChI is InChI=1S/C10H16F3NO2/c1-9(2)4-3-5-14(9)7(6-8(15)16)10(11,12)13/h7H,3-6H2,1-2H3,(H,15,16). The van der Waals surface area contributed by atoms with E-state index in [4.69, 9.17) is 5.11 Å². The molecule has 1 fully saturated rings. The fraction of sp³-hybridized carbons (Fsp3) is 0.900. The van der Waals surface area contributed by atoms with E-state index >= 15 is 0 Å². The van der Waals surface area contributed by atoms with Gasteiger partial charge in [0.15, 0.2) is 0 Å². The predicted octanol–water partition coefficient (Wildman–Crippen LogP) is 2.27. The number of alkyl halides is 3. The largest absolute Gasteiger partial charge is 0.481 e. The molecule has 6 heteroatoms. The summed E-state index contributed by atoms with van der Waals surface area (Å²) in [6, 6.07) is -1.87. The van der Waals surface area contributed by atoms with Crippen molar-refractivity contribution in [1.82, 2.24) is 4.90 Å². The highest BCUT2D eigenvalue weighted by atomic mass is 19.4. The van der Waals surface area contributed by atoms with Crippen LogP contribution in [0.1, 0.15) is 33.1 Å². The van der Waals surface area contributed by atoms with E-state index in [0.717, 1.165) is 0 Å². The first-order valence-corrected chi connectivity index (χ1v) is 5.20. The van der Waals surface area contributed by atoms with Crippen LogP contribution in [0.4, 0.5) is 13.2 Å². The molecule has 0 bridgehead atoms. The number of halogens is 3. The zero-order valence-electron chi connectivity index (χ0n) is 9.34. The van der Waals surface area contributed by atoms with Gasteiger partial charge >= 0.3 is 12.1 Å². The van der Waals surface area contributed by atoms with E-state index < -0.39 is 30.1 Å². The fourth-order valence-electron chi connectivity index (χ4n) is 2.27. The minimum atomic E-state index is -4.49. The summed E-state index contributed by atoms with van der Waals surface area (Å²) in [6.45, 7) is 3.76. The Bertz CT molecular complexity index is 276. The number of aliphatic carboxylic acids is 1. The molecule has 94 valence electrons. The van der Waals surface area contributed by atoms with E-state index in [1.165, 1.54) is 4.90 Å². The Morgan fingerprint density at radius 1 is 1.50 bits per heavy atom. The Hall–Kier alpha value is -0.780. The molecule has 1 unspecified atom stereocenters. The first-order valence-electron chi connectivity index (χ1n) is 5.20. The maximum absolute atomic E-state index is 12.8. The third-order valence-electron chi connectivity index (χ3n) is 3.09. The van der Waals surface area contributed by atoms with Gasteiger partial charge in [-0.25, -0.2) is 0 Å². The number of rotatable bonds is 3. The second-order valence-corrected chi connectivity index (χ2v) is 4.76.